The van der Waals surface area contributed by atoms with Gasteiger partial charge in [0.15, 0.2) is 0 Å². The van der Waals surface area contributed by atoms with Gasteiger partial charge < -0.3 is 14.7 Å². The fraction of sp³-hybridized carbons (Fsp3) is 0.435. The maximum Gasteiger partial charge on any atom is 0.230 e. The second-order valence-electron chi connectivity index (χ2n) is 8.20. The molecule has 4 rings (SSSR count). The van der Waals surface area contributed by atoms with Crippen LogP contribution in [0.25, 0.3) is 0 Å². The lowest BCUT2D eigenvalue weighted by Gasteiger charge is -2.39. The smallest absolute Gasteiger partial charge is 0.230 e. The molecule has 1 unspecified atom stereocenters. The number of hydrogen-bond donors (Lipinski definition) is 1. The van der Waals surface area contributed by atoms with E-state index in [4.69, 9.17) is 4.74 Å². The van der Waals surface area contributed by atoms with Gasteiger partial charge in [0, 0.05) is 31.7 Å². The second-order valence-corrected chi connectivity index (χ2v) is 8.20. The summed E-state index contributed by atoms with van der Waals surface area (Å²) in [5.74, 6) is 0.676. The Morgan fingerprint density at radius 2 is 2.00 bits per heavy atom. The molecule has 2 saturated heterocycles. The molecule has 0 bridgehead atoms. The summed E-state index contributed by atoms with van der Waals surface area (Å²) >= 11 is 0. The normalized spacial score (nSPS) is 22.4. The van der Waals surface area contributed by atoms with Crippen molar-refractivity contribution in [2.75, 3.05) is 26.7 Å². The van der Waals surface area contributed by atoms with Gasteiger partial charge in [-0.25, -0.2) is 4.39 Å². The molecule has 1 atom stereocenters. The lowest BCUT2D eigenvalue weighted by atomic mass is 9.78. The summed E-state index contributed by atoms with van der Waals surface area (Å²) in [6.45, 7) is 3.20. The molecule has 0 radical (unpaired) electrons. The molecule has 0 aliphatic carbocycles. The SMILES string of the molecule is COc1ccc(F)c(CN2CCCC3(CCN(Cc4cccc(O)c4)C3)C2=O)c1. The number of halogens is 1. The molecule has 6 heteroatoms. The number of benzene rings is 2. The summed E-state index contributed by atoms with van der Waals surface area (Å²) in [7, 11) is 1.55. The molecule has 2 aromatic carbocycles. The first kappa shape index (κ1) is 19.7. The van der Waals surface area contributed by atoms with Gasteiger partial charge in [-0.3, -0.25) is 9.69 Å². The van der Waals surface area contributed by atoms with E-state index >= 15 is 0 Å². The van der Waals surface area contributed by atoms with E-state index in [2.05, 4.69) is 4.90 Å². The molecule has 29 heavy (non-hydrogen) atoms. The number of phenols is 1. The van der Waals surface area contributed by atoms with Gasteiger partial charge in [-0.05, 0) is 61.7 Å². The lowest BCUT2D eigenvalue weighted by molar-refractivity contribution is -0.146. The molecule has 1 N–H and O–H groups in total. The number of carbonyl (C=O) groups excluding carboxylic acids is 1. The average molecular weight is 398 g/mol. The largest absolute Gasteiger partial charge is 0.508 e. The van der Waals surface area contributed by atoms with Gasteiger partial charge >= 0.3 is 0 Å². The van der Waals surface area contributed by atoms with Gasteiger partial charge in [-0.2, -0.15) is 0 Å². The van der Waals surface area contributed by atoms with Crippen LogP contribution in [0.1, 0.15) is 30.4 Å². The van der Waals surface area contributed by atoms with Crippen molar-refractivity contribution in [3.8, 4) is 11.5 Å². The van der Waals surface area contributed by atoms with Gasteiger partial charge in [-0.15, -0.1) is 0 Å². The monoisotopic (exact) mass is 398 g/mol. The van der Waals surface area contributed by atoms with Gasteiger partial charge in [0.25, 0.3) is 0 Å². The van der Waals surface area contributed by atoms with E-state index in [0.717, 1.165) is 31.4 Å². The van der Waals surface area contributed by atoms with E-state index < -0.39 is 0 Å². The Labute approximate surface area is 170 Å². The van der Waals surface area contributed by atoms with E-state index in [0.29, 0.717) is 30.9 Å². The van der Waals surface area contributed by atoms with E-state index in [1.54, 1.807) is 36.3 Å². The van der Waals surface area contributed by atoms with Gasteiger partial charge in [0.1, 0.15) is 17.3 Å². The van der Waals surface area contributed by atoms with Crippen LogP contribution in [0.2, 0.25) is 0 Å². The minimum absolute atomic E-state index is 0.129. The zero-order valence-corrected chi connectivity index (χ0v) is 16.7. The number of carbonyl (C=O) groups is 1. The number of rotatable bonds is 5. The van der Waals surface area contributed by atoms with E-state index in [9.17, 15) is 14.3 Å². The Balaban J connectivity index is 1.46. The molecule has 154 valence electrons. The third-order valence-electron chi connectivity index (χ3n) is 6.19. The number of piperidine rings is 1. The Morgan fingerprint density at radius 3 is 2.79 bits per heavy atom. The summed E-state index contributed by atoms with van der Waals surface area (Å²) in [6, 6.07) is 11.9. The first-order valence-electron chi connectivity index (χ1n) is 10.1. The number of amides is 1. The summed E-state index contributed by atoms with van der Waals surface area (Å²) in [6.07, 6.45) is 2.62. The van der Waals surface area contributed by atoms with Crippen molar-refractivity contribution >= 4 is 5.91 Å². The number of nitrogens with zero attached hydrogens (tertiary/aromatic N) is 2. The number of phenolic OH excluding ortho intramolecular Hbond substituents is 1. The Bertz CT molecular complexity index is 903. The number of aromatic hydroxyl groups is 1. The topological polar surface area (TPSA) is 53.0 Å². The van der Waals surface area contributed by atoms with Crippen molar-refractivity contribution in [1.82, 2.24) is 9.80 Å². The minimum atomic E-state index is -0.385. The maximum absolute atomic E-state index is 14.3. The lowest BCUT2D eigenvalue weighted by Crippen LogP contribution is -2.49. The fourth-order valence-electron chi connectivity index (χ4n) is 4.69. The number of methoxy groups -OCH3 is 1. The van der Waals surface area contributed by atoms with Crippen LogP contribution in [0.4, 0.5) is 4.39 Å². The minimum Gasteiger partial charge on any atom is -0.508 e. The van der Waals surface area contributed by atoms with Crippen LogP contribution in [-0.2, 0) is 17.9 Å². The van der Waals surface area contributed by atoms with Crippen molar-refractivity contribution < 1.29 is 19.0 Å². The number of hydrogen-bond acceptors (Lipinski definition) is 4. The Hall–Kier alpha value is -2.60. The van der Waals surface area contributed by atoms with Crippen LogP contribution in [0.3, 0.4) is 0 Å². The highest BCUT2D eigenvalue weighted by molar-refractivity contribution is 5.84. The van der Waals surface area contributed by atoms with Crippen molar-refractivity contribution in [2.24, 2.45) is 5.41 Å². The zero-order chi connectivity index (χ0) is 20.4. The van der Waals surface area contributed by atoms with Gasteiger partial charge in [0.05, 0.1) is 12.5 Å². The third kappa shape index (κ3) is 4.08. The first-order valence-corrected chi connectivity index (χ1v) is 10.1. The molecule has 2 aliphatic rings. The van der Waals surface area contributed by atoms with Gasteiger partial charge in [-0.1, -0.05) is 12.1 Å². The summed E-state index contributed by atoms with van der Waals surface area (Å²) in [4.78, 5) is 17.5. The molecule has 2 aliphatic heterocycles. The predicted molar refractivity (Wildman–Crippen MR) is 108 cm³/mol. The third-order valence-corrected chi connectivity index (χ3v) is 6.19. The van der Waals surface area contributed by atoms with Crippen LogP contribution >= 0.6 is 0 Å². The van der Waals surface area contributed by atoms with Crippen molar-refractivity contribution in [3.05, 3.63) is 59.4 Å². The van der Waals surface area contributed by atoms with E-state index in [-0.39, 0.29) is 29.4 Å². The van der Waals surface area contributed by atoms with E-state index in [1.807, 2.05) is 12.1 Å². The Morgan fingerprint density at radius 1 is 1.14 bits per heavy atom. The molecule has 5 nitrogen and oxygen atoms in total. The van der Waals surface area contributed by atoms with Crippen molar-refractivity contribution in [2.45, 2.75) is 32.4 Å². The molecule has 0 aromatic heterocycles. The molecule has 0 saturated carbocycles. The Kier molecular flexibility index (Phi) is 5.46. The van der Waals surface area contributed by atoms with Crippen molar-refractivity contribution in [3.63, 3.8) is 0 Å². The molecule has 2 aromatic rings. The fourth-order valence-corrected chi connectivity index (χ4v) is 4.69. The molecular weight excluding hydrogens is 371 g/mol. The highest BCUT2D eigenvalue weighted by Gasteiger charge is 2.48. The number of likely N-dealkylation sites (tertiary alicyclic amines) is 2. The van der Waals surface area contributed by atoms with Crippen LogP contribution in [-0.4, -0.2) is 47.6 Å². The van der Waals surface area contributed by atoms with Crippen molar-refractivity contribution in [1.29, 1.82) is 0 Å². The summed E-state index contributed by atoms with van der Waals surface area (Å²) in [5.41, 5.74) is 1.15. The van der Waals surface area contributed by atoms with Crippen LogP contribution in [0.15, 0.2) is 42.5 Å². The molecule has 1 amide bonds. The zero-order valence-electron chi connectivity index (χ0n) is 16.7. The molecule has 2 heterocycles. The molecular formula is C23H27FN2O3. The molecule has 1 spiro atoms. The maximum atomic E-state index is 14.3. The quantitative estimate of drug-likeness (QED) is 0.837. The summed E-state index contributed by atoms with van der Waals surface area (Å²) in [5, 5.41) is 9.69. The second kappa shape index (κ2) is 8.03. The number of ether oxygens (including phenoxy) is 1. The van der Waals surface area contributed by atoms with Crippen LogP contribution < -0.4 is 4.74 Å². The standard InChI is InChI=1S/C23H27FN2O3/c1-29-20-6-7-21(24)18(13-20)15-26-10-3-8-23(22(26)28)9-11-25(16-23)14-17-4-2-5-19(27)12-17/h2,4-7,12-13,27H,3,8-11,14-16H2,1H3. The highest BCUT2D eigenvalue weighted by atomic mass is 19.1. The van der Waals surface area contributed by atoms with Crippen LogP contribution in [0.5, 0.6) is 11.5 Å². The average Bonchev–Trinajstić information content (AvgIpc) is 3.10. The first-order chi connectivity index (χ1) is 14.0. The summed E-state index contributed by atoms with van der Waals surface area (Å²) < 4.78 is 19.5. The van der Waals surface area contributed by atoms with Gasteiger partial charge in [0.2, 0.25) is 5.91 Å². The molecule has 2 fully saturated rings. The van der Waals surface area contributed by atoms with E-state index in [1.165, 1.54) is 6.07 Å². The van der Waals surface area contributed by atoms with Crippen LogP contribution in [0, 0.1) is 11.2 Å². The predicted octanol–water partition coefficient (Wildman–Crippen LogP) is 3.55. The highest BCUT2D eigenvalue weighted by Crippen LogP contribution is 2.41.